The number of benzene rings is 1. The van der Waals surface area contributed by atoms with Crippen molar-refractivity contribution in [1.29, 1.82) is 0 Å². The first-order chi connectivity index (χ1) is 15.9. The monoisotopic (exact) mass is 486 g/mol. The Balaban J connectivity index is 1.65. The molecule has 1 spiro atoms. The fraction of sp³-hybridized carbons (Fsp3) is 0.556. The molecule has 4 aliphatic carbocycles. The second kappa shape index (κ2) is 7.50. The number of esters is 1. The van der Waals surface area contributed by atoms with Crippen LogP contribution in [0, 0.1) is 34.5 Å². The quantitative estimate of drug-likeness (QED) is 0.447. The number of Topliss-reactive ketones (excluding diaryl/α,β-unsaturated/α-hetero) is 1. The van der Waals surface area contributed by atoms with Crippen LogP contribution >= 0.6 is 11.6 Å². The van der Waals surface area contributed by atoms with Crippen LogP contribution in [0.3, 0.4) is 0 Å². The molecule has 0 heterocycles. The van der Waals surface area contributed by atoms with Crippen molar-refractivity contribution in [1.82, 2.24) is 0 Å². The first-order valence-electron chi connectivity index (χ1n) is 11.8. The third-order valence-corrected chi connectivity index (χ3v) is 9.55. The van der Waals surface area contributed by atoms with Gasteiger partial charge in [-0.05, 0) is 59.8 Å². The normalized spacial score (nSPS) is 41.9. The standard InChI is InChI=1S/C27H31ClO6/c1-13-11-26-14(2)9-18-20(25(18,3)4)17(22(26)31)10-15(12-29)21(30)27(26,33)23(13)34-24(32)16-7-5-6-8-19(16)28/h5-8,10-11,14,17-18,20-21,23,29-30,33H,9,12H2,1-4H3/t14-,17?,18-,20+,21-,23+,26+,27+/m1/s1. The zero-order valence-corrected chi connectivity index (χ0v) is 20.5. The summed E-state index contributed by atoms with van der Waals surface area (Å²) >= 11 is 6.19. The Hall–Kier alpha value is -1.99. The minimum Gasteiger partial charge on any atom is -0.451 e. The lowest BCUT2D eigenvalue weighted by atomic mass is 9.59. The van der Waals surface area contributed by atoms with Crippen molar-refractivity contribution >= 4 is 23.4 Å². The highest BCUT2D eigenvalue weighted by molar-refractivity contribution is 6.33. The molecule has 6 nitrogen and oxygen atoms in total. The SMILES string of the molecule is CC1=C[C@]23C(=O)C(C=C(CO)[C@@H](O)[C@]2(O)[C@H]1OC(=O)c1ccccc1Cl)[C@H]1[C@@H](C[C@H]3C)C1(C)C. The predicted molar refractivity (Wildman–Crippen MR) is 126 cm³/mol. The summed E-state index contributed by atoms with van der Waals surface area (Å²) in [7, 11) is 0. The second-order valence-electron chi connectivity index (χ2n) is 11.1. The highest BCUT2D eigenvalue weighted by Crippen LogP contribution is 2.71. The number of aliphatic hydroxyl groups is 3. The van der Waals surface area contributed by atoms with E-state index < -0.39 is 41.7 Å². The van der Waals surface area contributed by atoms with Crippen molar-refractivity contribution in [2.24, 2.45) is 34.5 Å². The van der Waals surface area contributed by atoms with Gasteiger partial charge in [-0.15, -0.1) is 0 Å². The van der Waals surface area contributed by atoms with E-state index in [0.717, 1.165) is 0 Å². The highest BCUT2D eigenvalue weighted by atomic mass is 35.5. The number of carbonyl (C=O) groups is 2. The van der Waals surface area contributed by atoms with E-state index in [1.807, 2.05) is 6.92 Å². The third kappa shape index (κ3) is 2.80. The van der Waals surface area contributed by atoms with Crippen LogP contribution in [0.15, 0.2) is 47.6 Å². The summed E-state index contributed by atoms with van der Waals surface area (Å²) in [6.07, 6.45) is 1.20. The lowest BCUT2D eigenvalue weighted by Gasteiger charge is -2.48. The predicted octanol–water partition coefficient (Wildman–Crippen LogP) is 3.33. The Labute approximate surface area is 204 Å². The first-order valence-corrected chi connectivity index (χ1v) is 12.2. The van der Waals surface area contributed by atoms with Crippen LogP contribution < -0.4 is 0 Å². The Morgan fingerprint density at radius 1 is 1.26 bits per heavy atom. The van der Waals surface area contributed by atoms with E-state index in [-0.39, 0.29) is 45.1 Å². The fourth-order valence-electron chi connectivity index (χ4n) is 7.39. The van der Waals surface area contributed by atoms with Crippen LogP contribution in [0.25, 0.3) is 0 Å². The van der Waals surface area contributed by atoms with Gasteiger partial charge in [0.25, 0.3) is 0 Å². The molecule has 5 rings (SSSR count). The highest BCUT2D eigenvalue weighted by Gasteiger charge is 2.76. The Morgan fingerprint density at radius 2 is 1.94 bits per heavy atom. The van der Waals surface area contributed by atoms with Crippen LogP contribution in [-0.4, -0.2) is 51.5 Å². The van der Waals surface area contributed by atoms with Gasteiger partial charge in [0, 0.05) is 5.92 Å². The van der Waals surface area contributed by atoms with Crippen LogP contribution in [-0.2, 0) is 9.53 Å². The van der Waals surface area contributed by atoms with Crippen LogP contribution in [0.2, 0.25) is 5.02 Å². The summed E-state index contributed by atoms with van der Waals surface area (Å²) in [5.74, 6) is -1.45. The van der Waals surface area contributed by atoms with E-state index in [4.69, 9.17) is 16.3 Å². The molecule has 2 bridgehead atoms. The van der Waals surface area contributed by atoms with Gasteiger partial charge in [-0.2, -0.15) is 0 Å². The van der Waals surface area contributed by atoms with E-state index in [2.05, 4.69) is 13.8 Å². The maximum absolute atomic E-state index is 14.3. The maximum atomic E-state index is 14.3. The number of ketones is 1. The molecule has 7 heteroatoms. The maximum Gasteiger partial charge on any atom is 0.340 e. The summed E-state index contributed by atoms with van der Waals surface area (Å²) in [6.45, 7) is 7.40. The van der Waals surface area contributed by atoms with Gasteiger partial charge in [-0.3, -0.25) is 4.79 Å². The Morgan fingerprint density at radius 3 is 2.59 bits per heavy atom. The third-order valence-electron chi connectivity index (χ3n) is 9.22. The van der Waals surface area contributed by atoms with Crippen molar-refractivity contribution in [3.63, 3.8) is 0 Å². The Kier molecular flexibility index (Phi) is 5.24. The zero-order chi connectivity index (χ0) is 24.8. The van der Waals surface area contributed by atoms with E-state index in [9.17, 15) is 24.9 Å². The number of rotatable bonds is 3. The summed E-state index contributed by atoms with van der Waals surface area (Å²) in [5.41, 5.74) is -2.86. The molecule has 1 aromatic carbocycles. The van der Waals surface area contributed by atoms with Crippen molar-refractivity contribution in [2.45, 2.75) is 51.9 Å². The smallest absolute Gasteiger partial charge is 0.340 e. The largest absolute Gasteiger partial charge is 0.451 e. The van der Waals surface area contributed by atoms with Gasteiger partial charge in [-0.1, -0.05) is 56.7 Å². The van der Waals surface area contributed by atoms with Gasteiger partial charge in [0.2, 0.25) is 0 Å². The minimum absolute atomic E-state index is 0.0477. The molecule has 0 aromatic heterocycles. The fourth-order valence-corrected chi connectivity index (χ4v) is 7.60. The number of hydrogen-bond acceptors (Lipinski definition) is 6. The summed E-state index contributed by atoms with van der Waals surface area (Å²) in [6, 6.07) is 6.42. The molecule has 1 aromatic rings. The average molecular weight is 487 g/mol. The van der Waals surface area contributed by atoms with Gasteiger partial charge in [0.15, 0.2) is 17.5 Å². The summed E-state index contributed by atoms with van der Waals surface area (Å²) < 4.78 is 5.82. The number of fused-ring (bicyclic) bond motifs is 3. The first kappa shape index (κ1) is 23.7. The molecule has 2 saturated carbocycles. The average Bonchev–Trinajstić information content (AvgIpc) is 3.28. The molecule has 8 atom stereocenters. The number of hydrogen-bond donors (Lipinski definition) is 3. The molecule has 0 radical (unpaired) electrons. The lowest BCUT2D eigenvalue weighted by Crippen LogP contribution is -2.65. The van der Waals surface area contributed by atoms with Gasteiger partial charge in [-0.25, -0.2) is 4.79 Å². The number of allylic oxidation sites excluding steroid dienone is 1. The molecule has 34 heavy (non-hydrogen) atoms. The molecule has 182 valence electrons. The number of ether oxygens (including phenoxy) is 1. The molecule has 4 aliphatic rings. The van der Waals surface area contributed by atoms with Crippen LogP contribution in [0.4, 0.5) is 0 Å². The molecule has 0 saturated heterocycles. The van der Waals surface area contributed by atoms with Gasteiger partial charge >= 0.3 is 5.97 Å². The number of halogens is 1. The van der Waals surface area contributed by atoms with Gasteiger partial charge in [0.05, 0.1) is 22.6 Å². The summed E-state index contributed by atoms with van der Waals surface area (Å²) in [4.78, 5) is 27.4. The molecule has 3 N–H and O–H groups in total. The lowest BCUT2D eigenvalue weighted by molar-refractivity contribution is -0.190. The molecular formula is C27H31ClO6. The number of carbonyl (C=O) groups excluding carboxylic acids is 2. The van der Waals surface area contributed by atoms with Crippen molar-refractivity contribution < 1.29 is 29.6 Å². The molecule has 1 unspecified atom stereocenters. The zero-order valence-electron chi connectivity index (χ0n) is 19.8. The van der Waals surface area contributed by atoms with Gasteiger partial charge in [0.1, 0.15) is 6.10 Å². The minimum atomic E-state index is -2.16. The molecule has 0 aliphatic heterocycles. The Bertz CT molecular complexity index is 1140. The van der Waals surface area contributed by atoms with Crippen molar-refractivity contribution in [3.05, 3.63) is 58.1 Å². The van der Waals surface area contributed by atoms with Crippen LogP contribution in [0.5, 0.6) is 0 Å². The second-order valence-corrected chi connectivity index (χ2v) is 11.5. The summed E-state index contributed by atoms with van der Waals surface area (Å²) in [5, 5.41) is 34.2. The van der Waals surface area contributed by atoms with Crippen molar-refractivity contribution in [2.75, 3.05) is 6.61 Å². The van der Waals surface area contributed by atoms with Gasteiger partial charge < -0.3 is 20.1 Å². The van der Waals surface area contributed by atoms with E-state index in [1.54, 1.807) is 37.3 Å². The van der Waals surface area contributed by atoms with E-state index in [1.165, 1.54) is 6.07 Å². The number of aliphatic hydroxyl groups excluding tert-OH is 2. The van der Waals surface area contributed by atoms with Crippen molar-refractivity contribution in [3.8, 4) is 0 Å². The molecule has 2 fully saturated rings. The van der Waals surface area contributed by atoms with E-state index in [0.29, 0.717) is 12.0 Å². The molecule has 0 amide bonds. The van der Waals surface area contributed by atoms with E-state index >= 15 is 0 Å². The topological polar surface area (TPSA) is 104 Å². The molecular weight excluding hydrogens is 456 g/mol. The van der Waals surface area contributed by atoms with Crippen LogP contribution in [0.1, 0.15) is 44.5 Å².